The summed E-state index contributed by atoms with van der Waals surface area (Å²) in [6.45, 7) is 1.91. The second-order valence-corrected chi connectivity index (χ2v) is 5.74. The van der Waals surface area contributed by atoms with Crippen molar-refractivity contribution < 1.29 is 5.11 Å². The molecule has 0 aliphatic rings. The Morgan fingerprint density at radius 1 is 1.44 bits per heavy atom. The highest BCUT2D eigenvalue weighted by Crippen LogP contribution is 2.27. The average molecular weight is 377 g/mol. The smallest absolute Gasteiger partial charge is 0.130 e. The van der Waals surface area contributed by atoms with Crippen LogP contribution >= 0.6 is 34.2 Å². The van der Waals surface area contributed by atoms with Gasteiger partial charge in [-0.3, -0.25) is 4.68 Å². The average Bonchev–Trinajstić information content (AvgIpc) is 2.56. The van der Waals surface area contributed by atoms with Gasteiger partial charge in [-0.2, -0.15) is 5.10 Å². The third-order valence-electron chi connectivity index (χ3n) is 2.93. The van der Waals surface area contributed by atoms with Crippen molar-refractivity contribution in [2.45, 2.75) is 19.4 Å². The molecule has 2 aromatic rings. The highest BCUT2D eigenvalue weighted by molar-refractivity contribution is 14.1. The van der Waals surface area contributed by atoms with Crippen molar-refractivity contribution in [3.05, 3.63) is 49.8 Å². The van der Waals surface area contributed by atoms with Crippen molar-refractivity contribution in [2.24, 2.45) is 7.05 Å². The number of benzene rings is 1. The summed E-state index contributed by atoms with van der Waals surface area (Å²) in [5.41, 5.74) is 2.70. The topological polar surface area (TPSA) is 38.0 Å². The largest absolute Gasteiger partial charge is 0.388 e. The van der Waals surface area contributed by atoms with E-state index >= 15 is 0 Å². The Bertz CT molecular complexity index is 568. The first kappa shape index (κ1) is 13.8. The van der Waals surface area contributed by atoms with Gasteiger partial charge in [0, 0.05) is 22.6 Å². The van der Waals surface area contributed by atoms with Crippen LogP contribution in [0.4, 0.5) is 0 Å². The molecule has 0 fully saturated rings. The standard InChI is InChI=1S/C13H14ClIN2O/c1-8-10(13(14)17(2)16-8)7-12(18)9-5-3-4-6-11(9)15/h3-6,12,18H,7H2,1-2H3. The summed E-state index contributed by atoms with van der Waals surface area (Å²) in [7, 11) is 1.80. The molecule has 1 N–H and O–H groups in total. The van der Waals surface area contributed by atoms with Crippen LogP contribution in [0.15, 0.2) is 24.3 Å². The van der Waals surface area contributed by atoms with Crippen molar-refractivity contribution in [1.82, 2.24) is 9.78 Å². The molecule has 1 unspecified atom stereocenters. The zero-order valence-corrected chi connectivity index (χ0v) is 13.1. The van der Waals surface area contributed by atoms with E-state index in [-0.39, 0.29) is 0 Å². The van der Waals surface area contributed by atoms with Crippen LogP contribution in [0.2, 0.25) is 5.15 Å². The van der Waals surface area contributed by atoms with Gasteiger partial charge in [0.15, 0.2) is 0 Å². The number of halogens is 2. The number of aromatic nitrogens is 2. The molecule has 0 radical (unpaired) electrons. The van der Waals surface area contributed by atoms with E-state index in [1.807, 2.05) is 31.2 Å². The number of hydrogen-bond donors (Lipinski definition) is 1. The number of rotatable bonds is 3. The molecule has 0 amide bonds. The molecule has 0 bridgehead atoms. The predicted octanol–water partition coefficient (Wildman–Crippen LogP) is 3.26. The second kappa shape index (κ2) is 5.59. The summed E-state index contributed by atoms with van der Waals surface area (Å²) < 4.78 is 2.69. The maximum atomic E-state index is 10.3. The molecule has 1 aromatic heterocycles. The lowest BCUT2D eigenvalue weighted by Gasteiger charge is -2.12. The third-order valence-corrected chi connectivity index (χ3v) is 4.39. The van der Waals surface area contributed by atoms with E-state index in [4.69, 9.17) is 11.6 Å². The van der Waals surface area contributed by atoms with Gasteiger partial charge in [0.2, 0.25) is 0 Å². The number of aliphatic hydroxyl groups is 1. The van der Waals surface area contributed by atoms with Crippen LogP contribution in [0, 0.1) is 10.5 Å². The number of nitrogens with zero attached hydrogens (tertiary/aromatic N) is 2. The zero-order valence-electron chi connectivity index (χ0n) is 10.2. The Kier molecular flexibility index (Phi) is 4.29. The molecular weight excluding hydrogens is 363 g/mol. The van der Waals surface area contributed by atoms with E-state index in [0.717, 1.165) is 20.4 Å². The minimum Gasteiger partial charge on any atom is -0.388 e. The van der Waals surface area contributed by atoms with Gasteiger partial charge >= 0.3 is 0 Å². The highest BCUT2D eigenvalue weighted by Gasteiger charge is 2.18. The molecule has 3 nitrogen and oxygen atoms in total. The van der Waals surface area contributed by atoms with Crippen molar-refractivity contribution in [3.63, 3.8) is 0 Å². The first-order valence-electron chi connectivity index (χ1n) is 5.61. The summed E-state index contributed by atoms with van der Waals surface area (Å²) >= 11 is 8.40. The molecule has 5 heteroatoms. The van der Waals surface area contributed by atoms with Crippen molar-refractivity contribution in [1.29, 1.82) is 0 Å². The van der Waals surface area contributed by atoms with E-state index in [1.165, 1.54) is 0 Å². The van der Waals surface area contributed by atoms with Gasteiger partial charge in [-0.15, -0.1) is 0 Å². The lowest BCUT2D eigenvalue weighted by atomic mass is 10.0. The van der Waals surface area contributed by atoms with Gasteiger partial charge in [-0.1, -0.05) is 29.8 Å². The molecular formula is C13H14ClIN2O. The van der Waals surface area contributed by atoms with Crippen molar-refractivity contribution >= 4 is 34.2 Å². The van der Waals surface area contributed by atoms with Gasteiger partial charge in [0.25, 0.3) is 0 Å². The lowest BCUT2D eigenvalue weighted by Crippen LogP contribution is -2.04. The van der Waals surface area contributed by atoms with Crippen LogP contribution in [0.5, 0.6) is 0 Å². The normalized spacial score (nSPS) is 12.7. The van der Waals surface area contributed by atoms with Crippen molar-refractivity contribution in [2.75, 3.05) is 0 Å². The maximum Gasteiger partial charge on any atom is 0.130 e. The minimum absolute atomic E-state index is 0.485. The van der Waals surface area contributed by atoms with E-state index in [0.29, 0.717) is 11.6 Å². The van der Waals surface area contributed by atoms with Crippen LogP contribution in [-0.4, -0.2) is 14.9 Å². The fourth-order valence-electron chi connectivity index (χ4n) is 1.95. The number of aryl methyl sites for hydroxylation is 2. The molecule has 2 rings (SSSR count). The monoisotopic (exact) mass is 376 g/mol. The van der Waals surface area contributed by atoms with Gasteiger partial charge in [0.1, 0.15) is 5.15 Å². The Balaban J connectivity index is 2.27. The van der Waals surface area contributed by atoms with E-state index < -0.39 is 6.10 Å². The quantitative estimate of drug-likeness (QED) is 0.835. The molecule has 0 spiro atoms. The van der Waals surface area contributed by atoms with E-state index in [1.54, 1.807) is 11.7 Å². The predicted molar refractivity (Wildman–Crippen MR) is 80.8 cm³/mol. The summed E-state index contributed by atoms with van der Waals surface area (Å²) in [5, 5.41) is 15.2. The number of hydrogen-bond acceptors (Lipinski definition) is 2. The van der Waals surface area contributed by atoms with Crippen LogP contribution in [0.1, 0.15) is 22.9 Å². The second-order valence-electron chi connectivity index (χ2n) is 4.22. The van der Waals surface area contributed by atoms with Crippen LogP contribution in [0.25, 0.3) is 0 Å². The van der Waals surface area contributed by atoms with Crippen LogP contribution < -0.4 is 0 Å². The SMILES string of the molecule is Cc1nn(C)c(Cl)c1CC(O)c1ccccc1I. The summed E-state index contributed by atoms with van der Waals surface area (Å²) in [5.74, 6) is 0. The van der Waals surface area contributed by atoms with Gasteiger partial charge < -0.3 is 5.11 Å². The Morgan fingerprint density at radius 3 is 2.67 bits per heavy atom. The molecule has 96 valence electrons. The van der Waals surface area contributed by atoms with Crippen LogP contribution in [0.3, 0.4) is 0 Å². The van der Waals surface area contributed by atoms with Crippen molar-refractivity contribution in [3.8, 4) is 0 Å². The van der Waals surface area contributed by atoms with E-state index in [2.05, 4.69) is 27.7 Å². The fourth-order valence-corrected chi connectivity index (χ4v) is 2.95. The number of aliphatic hydroxyl groups excluding tert-OH is 1. The lowest BCUT2D eigenvalue weighted by molar-refractivity contribution is 0.177. The highest BCUT2D eigenvalue weighted by atomic mass is 127. The fraction of sp³-hybridized carbons (Fsp3) is 0.308. The van der Waals surface area contributed by atoms with Gasteiger partial charge in [-0.25, -0.2) is 0 Å². The first-order chi connectivity index (χ1) is 8.50. The van der Waals surface area contributed by atoms with Gasteiger partial charge in [0.05, 0.1) is 11.8 Å². The molecule has 0 saturated heterocycles. The Labute approximate surface area is 125 Å². The summed E-state index contributed by atoms with van der Waals surface area (Å²) in [6, 6.07) is 7.81. The van der Waals surface area contributed by atoms with E-state index in [9.17, 15) is 5.11 Å². The van der Waals surface area contributed by atoms with Crippen LogP contribution in [-0.2, 0) is 13.5 Å². The molecule has 0 saturated carbocycles. The molecule has 1 aromatic carbocycles. The Hall–Kier alpha value is -0.590. The third kappa shape index (κ3) is 2.70. The molecule has 1 heterocycles. The molecule has 18 heavy (non-hydrogen) atoms. The molecule has 1 atom stereocenters. The first-order valence-corrected chi connectivity index (χ1v) is 7.07. The molecule has 0 aliphatic carbocycles. The summed E-state index contributed by atoms with van der Waals surface area (Å²) in [6.07, 6.45) is -0.0723. The molecule has 0 aliphatic heterocycles. The Morgan fingerprint density at radius 2 is 2.11 bits per heavy atom. The maximum absolute atomic E-state index is 10.3. The summed E-state index contributed by atoms with van der Waals surface area (Å²) in [4.78, 5) is 0. The van der Waals surface area contributed by atoms with Gasteiger partial charge in [-0.05, 0) is 41.1 Å². The zero-order chi connectivity index (χ0) is 13.3. The minimum atomic E-state index is -0.557.